The third-order valence-electron chi connectivity index (χ3n) is 4.39. The van der Waals surface area contributed by atoms with Gasteiger partial charge in [-0.15, -0.1) is 0 Å². The Morgan fingerprint density at radius 2 is 2.05 bits per heavy atom. The molecule has 0 spiro atoms. The first kappa shape index (κ1) is 15.3. The van der Waals surface area contributed by atoms with Gasteiger partial charge in [-0.1, -0.05) is 13.0 Å². The normalized spacial score (nSPS) is 19.0. The zero-order valence-electron chi connectivity index (χ0n) is 13.0. The maximum absolute atomic E-state index is 13.9. The Kier molecular flexibility index (Phi) is 5.41. The monoisotopic (exact) mass is 278 g/mol. The van der Waals surface area contributed by atoms with Crippen molar-refractivity contribution in [3.63, 3.8) is 0 Å². The molecular formula is C17H27FN2. The summed E-state index contributed by atoms with van der Waals surface area (Å²) in [5.74, 6) is 0.504. The first-order valence-corrected chi connectivity index (χ1v) is 7.85. The molecule has 0 saturated carbocycles. The molecule has 1 aromatic carbocycles. The van der Waals surface area contributed by atoms with Crippen LogP contribution in [0.25, 0.3) is 0 Å². The number of benzene rings is 1. The molecule has 20 heavy (non-hydrogen) atoms. The van der Waals surface area contributed by atoms with Gasteiger partial charge in [-0.3, -0.25) is 0 Å². The molecule has 0 bridgehead atoms. The molecule has 1 N–H and O–H groups in total. The van der Waals surface area contributed by atoms with Crippen molar-refractivity contribution in [2.24, 2.45) is 5.92 Å². The molecule has 1 fully saturated rings. The highest BCUT2D eigenvalue weighted by atomic mass is 19.1. The Hall–Kier alpha value is -1.09. The minimum atomic E-state index is -0.139. The molecule has 0 aliphatic carbocycles. The number of aryl methyl sites for hydroxylation is 1. The summed E-state index contributed by atoms with van der Waals surface area (Å²) in [5, 5.41) is 3.36. The van der Waals surface area contributed by atoms with Gasteiger partial charge >= 0.3 is 0 Å². The first-order valence-electron chi connectivity index (χ1n) is 7.85. The summed E-state index contributed by atoms with van der Waals surface area (Å²) in [4.78, 5) is 2.54. The van der Waals surface area contributed by atoms with Gasteiger partial charge in [-0.25, -0.2) is 4.39 Å². The molecule has 1 atom stereocenters. The summed E-state index contributed by atoms with van der Waals surface area (Å²) in [7, 11) is 0. The molecule has 1 heterocycles. The van der Waals surface area contributed by atoms with Crippen LogP contribution in [0.1, 0.15) is 38.7 Å². The van der Waals surface area contributed by atoms with E-state index in [0.29, 0.717) is 17.6 Å². The quantitative estimate of drug-likeness (QED) is 0.874. The number of nitrogens with zero attached hydrogens (tertiary/aromatic N) is 1. The molecule has 1 saturated heterocycles. The van der Waals surface area contributed by atoms with Gasteiger partial charge in [0.25, 0.3) is 0 Å². The van der Waals surface area contributed by atoms with Gasteiger partial charge < -0.3 is 10.2 Å². The van der Waals surface area contributed by atoms with E-state index in [1.807, 2.05) is 19.1 Å². The van der Waals surface area contributed by atoms with Crippen LogP contribution in [0.5, 0.6) is 0 Å². The van der Waals surface area contributed by atoms with Crippen LogP contribution < -0.4 is 5.32 Å². The fourth-order valence-electron chi connectivity index (χ4n) is 3.09. The summed E-state index contributed by atoms with van der Waals surface area (Å²) in [6.07, 6.45) is 3.65. The highest BCUT2D eigenvalue weighted by Crippen LogP contribution is 2.24. The van der Waals surface area contributed by atoms with E-state index in [9.17, 15) is 4.39 Å². The summed E-state index contributed by atoms with van der Waals surface area (Å²) in [6.45, 7) is 9.90. The van der Waals surface area contributed by atoms with Crippen LogP contribution in [0, 0.1) is 18.7 Å². The fraction of sp³-hybridized carbons (Fsp3) is 0.647. The van der Waals surface area contributed by atoms with E-state index in [4.69, 9.17) is 0 Å². The maximum Gasteiger partial charge on any atom is 0.146 e. The number of hydrogen-bond acceptors (Lipinski definition) is 2. The summed E-state index contributed by atoms with van der Waals surface area (Å²) >= 11 is 0. The van der Waals surface area contributed by atoms with Gasteiger partial charge in [0.2, 0.25) is 0 Å². The molecule has 0 radical (unpaired) electrons. The average Bonchev–Trinajstić information content (AvgIpc) is 2.43. The summed E-state index contributed by atoms with van der Waals surface area (Å²) in [6, 6.07) is 5.74. The predicted molar refractivity (Wildman–Crippen MR) is 83.7 cm³/mol. The van der Waals surface area contributed by atoms with Crippen molar-refractivity contribution in [3.05, 3.63) is 29.6 Å². The average molecular weight is 278 g/mol. The van der Waals surface area contributed by atoms with Gasteiger partial charge in [-0.05, 0) is 76.4 Å². The van der Waals surface area contributed by atoms with Crippen LogP contribution in [-0.4, -0.2) is 30.6 Å². The van der Waals surface area contributed by atoms with E-state index in [1.165, 1.54) is 38.9 Å². The van der Waals surface area contributed by atoms with Crippen LogP contribution in [0.2, 0.25) is 0 Å². The number of rotatable bonds is 5. The van der Waals surface area contributed by atoms with E-state index >= 15 is 0 Å². The molecule has 2 nitrogen and oxygen atoms in total. The van der Waals surface area contributed by atoms with Gasteiger partial charge in [0.05, 0.1) is 5.69 Å². The van der Waals surface area contributed by atoms with Crippen LogP contribution in [-0.2, 0) is 0 Å². The molecule has 0 aromatic heterocycles. The Morgan fingerprint density at radius 1 is 1.35 bits per heavy atom. The largest absolute Gasteiger partial charge is 0.380 e. The standard InChI is InChI=1S/C17H27FN2/c1-4-9-20-10-7-15(8-11-20)14(3)19-17-6-5-13(2)12-16(17)18/h5-6,12,14-15,19H,4,7-11H2,1-3H3. The van der Waals surface area contributed by atoms with Crippen molar-refractivity contribution in [2.45, 2.75) is 46.1 Å². The third-order valence-corrected chi connectivity index (χ3v) is 4.39. The van der Waals surface area contributed by atoms with E-state index in [2.05, 4.69) is 24.1 Å². The second-order valence-corrected chi connectivity index (χ2v) is 6.10. The lowest BCUT2D eigenvalue weighted by molar-refractivity contribution is 0.176. The number of hydrogen-bond donors (Lipinski definition) is 1. The van der Waals surface area contributed by atoms with Crippen LogP contribution in [0.4, 0.5) is 10.1 Å². The Bertz CT molecular complexity index is 425. The van der Waals surface area contributed by atoms with Crippen molar-refractivity contribution < 1.29 is 4.39 Å². The van der Waals surface area contributed by atoms with Crippen molar-refractivity contribution in [1.29, 1.82) is 0 Å². The minimum Gasteiger partial charge on any atom is -0.380 e. The first-order chi connectivity index (χ1) is 9.60. The molecule has 1 aliphatic heterocycles. The summed E-state index contributed by atoms with van der Waals surface area (Å²) < 4.78 is 13.9. The Balaban J connectivity index is 1.87. The second-order valence-electron chi connectivity index (χ2n) is 6.10. The highest BCUT2D eigenvalue weighted by Gasteiger charge is 2.23. The smallest absolute Gasteiger partial charge is 0.146 e. The minimum absolute atomic E-state index is 0.139. The molecule has 2 rings (SSSR count). The third kappa shape index (κ3) is 3.95. The zero-order chi connectivity index (χ0) is 14.5. The molecule has 1 aromatic rings. The lowest BCUT2D eigenvalue weighted by atomic mass is 9.90. The maximum atomic E-state index is 13.9. The topological polar surface area (TPSA) is 15.3 Å². The predicted octanol–water partition coefficient (Wildman–Crippen LogP) is 4.06. The number of likely N-dealkylation sites (tertiary alicyclic amines) is 1. The number of anilines is 1. The molecule has 1 aliphatic rings. The Morgan fingerprint density at radius 3 is 2.65 bits per heavy atom. The fourth-order valence-corrected chi connectivity index (χ4v) is 3.09. The molecule has 3 heteroatoms. The molecule has 112 valence electrons. The van der Waals surface area contributed by atoms with E-state index < -0.39 is 0 Å². The van der Waals surface area contributed by atoms with Crippen molar-refractivity contribution >= 4 is 5.69 Å². The van der Waals surface area contributed by atoms with Crippen molar-refractivity contribution in [2.75, 3.05) is 25.0 Å². The zero-order valence-corrected chi connectivity index (χ0v) is 13.0. The van der Waals surface area contributed by atoms with Crippen LogP contribution in [0.15, 0.2) is 18.2 Å². The van der Waals surface area contributed by atoms with Crippen LogP contribution >= 0.6 is 0 Å². The van der Waals surface area contributed by atoms with Gasteiger partial charge in [-0.2, -0.15) is 0 Å². The summed E-state index contributed by atoms with van der Waals surface area (Å²) in [5.41, 5.74) is 1.60. The molecule has 1 unspecified atom stereocenters. The number of nitrogens with one attached hydrogen (secondary N) is 1. The van der Waals surface area contributed by atoms with Crippen LogP contribution in [0.3, 0.4) is 0 Å². The van der Waals surface area contributed by atoms with Crippen molar-refractivity contribution in [1.82, 2.24) is 4.90 Å². The molecule has 0 amide bonds. The number of piperidine rings is 1. The molecular weight excluding hydrogens is 251 g/mol. The number of halogens is 1. The van der Waals surface area contributed by atoms with Gasteiger partial charge in [0, 0.05) is 6.04 Å². The van der Waals surface area contributed by atoms with Gasteiger partial charge in [0.15, 0.2) is 0 Å². The van der Waals surface area contributed by atoms with Gasteiger partial charge in [0.1, 0.15) is 5.82 Å². The lowest BCUT2D eigenvalue weighted by Crippen LogP contribution is -2.39. The lowest BCUT2D eigenvalue weighted by Gasteiger charge is -2.35. The SMILES string of the molecule is CCCN1CCC(C(C)Nc2ccc(C)cc2F)CC1. The Labute approximate surface area is 122 Å². The van der Waals surface area contributed by atoms with Crippen molar-refractivity contribution in [3.8, 4) is 0 Å². The van der Waals surface area contributed by atoms with E-state index in [1.54, 1.807) is 6.07 Å². The van der Waals surface area contributed by atoms with E-state index in [-0.39, 0.29) is 5.82 Å². The highest BCUT2D eigenvalue weighted by molar-refractivity contribution is 5.46. The van der Waals surface area contributed by atoms with E-state index in [0.717, 1.165) is 5.56 Å². The second kappa shape index (κ2) is 7.07.